The van der Waals surface area contributed by atoms with Gasteiger partial charge in [-0.2, -0.15) is 0 Å². The smallest absolute Gasteiger partial charge is 0.483 e. The molecule has 3 aromatic rings. The van der Waals surface area contributed by atoms with Gasteiger partial charge in [0.25, 0.3) is 11.5 Å². The number of rotatable bonds is 9. The summed E-state index contributed by atoms with van der Waals surface area (Å²) < 4.78 is 52.8. The minimum Gasteiger partial charge on any atom is -0.483 e. The lowest BCUT2D eigenvalue weighted by atomic mass is 10.1. The van der Waals surface area contributed by atoms with Crippen LogP contribution in [0.3, 0.4) is 0 Å². The maximum atomic E-state index is 12.7. The molecule has 1 aromatic heterocycles. The highest BCUT2D eigenvalue weighted by molar-refractivity contribution is 5.92. The van der Waals surface area contributed by atoms with E-state index >= 15 is 0 Å². The van der Waals surface area contributed by atoms with Gasteiger partial charge in [-0.3, -0.25) is 9.59 Å². The molecule has 0 aliphatic rings. The number of hydrogen-bond donors (Lipinski definition) is 1. The number of aromatic nitrogens is 1. The maximum Gasteiger partial charge on any atom is 0.573 e. The van der Waals surface area contributed by atoms with Crippen LogP contribution >= 0.6 is 0 Å². The summed E-state index contributed by atoms with van der Waals surface area (Å²) in [6.07, 6.45) is -3.15. The number of halogens is 3. The summed E-state index contributed by atoms with van der Waals surface area (Å²) in [5.74, 6) is -0.549. The molecule has 0 saturated carbocycles. The second kappa shape index (κ2) is 10.2. The lowest BCUT2D eigenvalue weighted by Gasteiger charge is -2.12. The van der Waals surface area contributed by atoms with Gasteiger partial charge in [0.1, 0.15) is 11.5 Å². The molecule has 32 heavy (non-hydrogen) atoms. The first-order valence-electron chi connectivity index (χ1n) is 9.75. The summed E-state index contributed by atoms with van der Waals surface area (Å²) in [5, 5.41) is 3.53. The van der Waals surface area contributed by atoms with Gasteiger partial charge in [0.05, 0.1) is 12.0 Å². The Balaban J connectivity index is 1.63. The van der Waals surface area contributed by atoms with Crippen molar-refractivity contribution in [3.8, 4) is 11.5 Å². The van der Waals surface area contributed by atoms with Crippen LogP contribution in [0.4, 0.5) is 18.9 Å². The van der Waals surface area contributed by atoms with E-state index in [1.54, 1.807) is 35.0 Å². The molecule has 10 heteroatoms. The van der Waals surface area contributed by atoms with Crippen LogP contribution in [0.5, 0.6) is 11.5 Å². The Hall–Kier alpha value is -3.53. The molecule has 0 saturated heterocycles. The van der Waals surface area contributed by atoms with Crippen LogP contribution in [-0.2, 0) is 16.1 Å². The topological polar surface area (TPSA) is 78.8 Å². The van der Waals surface area contributed by atoms with E-state index in [0.29, 0.717) is 36.3 Å². The van der Waals surface area contributed by atoms with Crippen molar-refractivity contribution in [2.24, 2.45) is 0 Å². The SMILES string of the molecule is CCOCCn1ccc2c(OCC(=O)Nc3ccc(OC(F)(F)F)cc3)cccc2c1=O. The fourth-order valence-corrected chi connectivity index (χ4v) is 2.98. The monoisotopic (exact) mass is 450 g/mol. The van der Waals surface area contributed by atoms with Crippen molar-refractivity contribution in [1.82, 2.24) is 4.57 Å². The molecule has 1 amide bonds. The first-order valence-corrected chi connectivity index (χ1v) is 9.75. The van der Waals surface area contributed by atoms with Crippen molar-refractivity contribution in [1.29, 1.82) is 0 Å². The number of benzene rings is 2. The Morgan fingerprint density at radius 2 is 1.81 bits per heavy atom. The number of ether oxygens (including phenoxy) is 3. The van der Waals surface area contributed by atoms with Crippen LogP contribution in [-0.4, -0.2) is 36.7 Å². The predicted molar refractivity (Wildman–Crippen MR) is 112 cm³/mol. The van der Waals surface area contributed by atoms with Crippen LogP contribution in [0.1, 0.15) is 6.92 Å². The number of nitrogens with one attached hydrogen (secondary N) is 1. The third-order valence-electron chi connectivity index (χ3n) is 4.39. The standard InChI is InChI=1S/C22H21F3N2O5/c1-2-30-13-12-27-11-10-17-18(21(27)29)4-3-5-19(17)31-14-20(28)26-15-6-8-16(9-7-15)32-22(23,24)25/h3-11H,2,12-14H2,1H3,(H,26,28). The van der Waals surface area contributed by atoms with E-state index in [1.807, 2.05) is 6.92 Å². The molecular formula is C22H21F3N2O5. The van der Waals surface area contributed by atoms with E-state index in [4.69, 9.17) is 9.47 Å². The first kappa shape index (κ1) is 23.1. The summed E-state index contributed by atoms with van der Waals surface area (Å²) in [6.45, 7) is 2.92. The quantitative estimate of drug-likeness (QED) is 0.500. The molecule has 0 fully saturated rings. The van der Waals surface area contributed by atoms with Crippen molar-refractivity contribution in [2.45, 2.75) is 19.8 Å². The van der Waals surface area contributed by atoms with Crippen LogP contribution in [0, 0.1) is 0 Å². The summed E-state index contributed by atoms with van der Waals surface area (Å²) in [6, 6.07) is 11.4. The molecule has 0 radical (unpaired) electrons. The van der Waals surface area contributed by atoms with Gasteiger partial charge in [-0.05, 0) is 49.4 Å². The molecule has 0 spiro atoms. The second-order valence-electron chi connectivity index (χ2n) is 6.64. The van der Waals surface area contributed by atoms with E-state index in [2.05, 4.69) is 10.1 Å². The van der Waals surface area contributed by atoms with Crippen molar-refractivity contribution in [2.75, 3.05) is 25.1 Å². The molecule has 1 heterocycles. The lowest BCUT2D eigenvalue weighted by molar-refractivity contribution is -0.274. The lowest BCUT2D eigenvalue weighted by Crippen LogP contribution is -2.22. The van der Waals surface area contributed by atoms with Crippen LogP contribution < -0.4 is 20.3 Å². The van der Waals surface area contributed by atoms with E-state index in [-0.39, 0.29) is 17.9 Å². The van der Waals surface area contributed by atoms with Gasteiger partial charge in [-0.15, -0.1) is 13.2 Å². The molecule has 170 valence electrons. The molecule has 0 aliphatic heterocycles. The van der Waals surface area contributed by atoms with Crippen LogP contribution in [0.2, 0.25) is 0 Å². The number of carbonyl (C=O) groups excluding carboxylic acids is 1. The normalized spacial score (nSPS) is 11.4. The fraction of sp³-hybridized carbons (Fsp3) is 0.273. The highest BCUT2D eigenvalue weighted by atomic mass is 19.4. The third kappa shape index (κ3) is 6.24. The van der Waals surface area contributed by atoms with E-state index in [1.165, 1.54) is 12.1 Å². The molecule has 0 unspecified atom stereocenters. The molecule has 3 rings (SSSR count). The van der Waals surface area contributed by atoms with E-state index in [0.717, 1.165) is 12.1 Å². The number of amides is 1. The van der Waals surface area contributed by atoms with Gasteiger partial charge in [-0.1, -0.05) is 6.07 Å². The van der Waals surface area contributed by atoms with Crippen molar-refractivity contribution < 1.29 is 32.2 Å². The third-order valence-corrected chi connectivity index (χ3v) is 4.39. The zero-order valence-electron chi connectivity index (χ0n) is 17.1. The number of nitrogens with zero attached hydrogens (tertiary/aromatic N) is 1. The second-order valence-corrected chi connectivity index (χ2v) is 6.64. The van der Waals surface area contributed by atoms with Gasteiger partial charge in [0, 0.05) is 30.4 Å². The number of fused-ring (bicyclic) bond motifs is 1. The van der Waals surface area contributed by atoms with Crippen molar-refractivity contribution in [3.63, 3.8) is 0 Å². The Bertz CT molecular complexity index is 1130. The Morgan fingerprint density at radius 3 is 2.50 bits per heavy atom. The van der Waals surface area contributed by atoms with E-state index in [9.17, 15) is 22.8 Å². The predicted octanol–water partition coefficient (Wildman–Crippen LogP) is 3.95. The van der Waals surface area contributed by atoms with Crippen molar-refractivity contribution in [3.05, 3.63) is 65.1 Å². The summed E-state index contributed by atoms with van der Waals surface area (Å²) in [4.78, 5) is 24.8. The van der Waals surface area contributed by atoms with Crippen LogP contribution in [0.15, 0.2) is 59.5 Å². The Labute approximate surface area is 181 Å². The molecule has 1 N–H and O–H groups in total. The average molecular weight is 450 g/mol. The zero-order valence-corrected chi connectivity index (χ0v) is 17.1. The largest absolute Gasteiger partial charge is 0.573 e. The van der Waals surface area contributed by atoms with Gasteiger partial charge >= 0.3 is 6.36 Å². The molecule has 0 aliphatic carbocycles. The summed E-state index contributed by atoms with van der Waals surface area (Å²) in [7, 11) is 0. The van der Waals surface area contributed by atoms with E-state index < -0.39 is 18.0 Å². The number of pyridine rings is 1. The highest BCUT2D eigenvalue weighted by Gasteiger charge is 2.30. The van der Waals surface area contributed by atoms with Crippen molar-refractivity contribution >= 4 is 22.4 Å². The molecule has 0 bridgehead atoms. The molecule has 2 aromatic carbocycles. The Kier molecular flexibility index (Phi) is 7.37. The van der Waals surface area contributed by atoms with Gasteiger partial charge in [0.15, 0.2) is 6.61 Å². The Morgan fingerprint density at radius 1 is 1.06 bits per heavy atom. The number of hydrogen-bond acceptors (Lipinski definition) is 5. The minimum absolute atomic E-state index is 0.196. The fourth-order valence-electron chi connectivity index (χ4n) is 2.98. The maximum absolute atomic E-state index is 12.7. The number of anilines is 1. The highest BCUT2D eigenvalue weighted by Crippen LogP contribution is 2.25. The van der Waals surface area contributed by atoms with Gasteiger partial charge < -0.3 is 24.1 Å². The molecule has 0 atom stereocenters. The molecule has 7 nitrogen and oxygen atoms in total. The number of alkyl halides is 3. The summed E-state index contributed by atoms with van der Waals surface area (Å²) >= 11 is 0. The first-order chi connectivity index (χ1) is 15.3. The number of carbonyl (C=O) groups is 1. The molecular weight excluding hydrogens is 429 g/mol. The van der Waals surface area contributed by atoms with Crippen LogP contribution in [0.25, 0.3) is 10.8 Å². The summed E-state index contributed by atoms with van der Waals surface area (Å²) in [5.41, 5.74) is 0.0847. The average Bonchev–Trinajstić information content (AvgIpc) is 2.74. The van der Waals surface area contributed by atoms with Gasteiger partial charge in [0.2, 0.25) is 0 Å². The zero-order chi connectivity index (χ0) is 23.1. The van der Waals surface area contributed by atoms with Gasteiger partial charge in [-0.25, -0.2) is 0 Å². The minimum atomic E-state index is -4.79.